The van der Waals surface area contributed by atoms with Gasteiger partial charge in [-0.05, 0) is 44.0 Å². The number of hydrogen-bond acceptors (Lipinski definition) is 3. The third-order valence-corrected chi connectivity index (χ3v) is 4.43. The van der Waals surface area contributed by atoms with E-state index in [2.05, 4.69) is 15.5 Å². The summed E-state index contributed by atoms with van der Waals surface area (Å²) in [5.74, 6) is -0.805. The largest absolute Gasteiger partial charge is 0.369 e. The van der Waals surface area contributed by atoms with Crippen LogP contribution in [0.2, 0.25) is 5.02 Å². The third kappa shape index (κ3) is 5.07. The number of halogens is 2. The summed E-state index contributed by atoms with van der Waals surface area (Å²) >= 11 is 5.91. The molecule has 1 saturated heterocycles. The highest BCUT2D eigenvalue weighted by Gasteiger charge is 2.23. The number of benzene rings is 1. The Morgan fingerprint density at radius 2 is 2.21 bits per heavy atom. The van der Waals surface area contributed by atoms with E-state index in [1.165, 1.54) is 12.1 Å². The van der Waals surface area contributed by atoms with Crippen LogP contribution in [-0.2, 0) is 4.79 Å². The molecule has 0 aromatic heterocycles. The van der Waals surface area contributed by atoms with Gasteiger partial charge in [-0.1, -0.05) is 11.6 Å². The van der Waals surface area contributed by atoms with Crippen molar-refractivity contribution in [3.63, 3.8) is 0 Å². The number of carbonyl (C=O) groups excluding carboxylic acids is 2. The van der Waals surface area contributed by atoms with E-state index in [0.717, 1.165) is 19.4 Å². The third-order valence-electron chi connectivity index (χ3n) is 4.12. The van der Waals surface area contributed by atoms with Crippen LogP contribution in [0.5, 0.6) is 0 Å². The van der Waals surface area contributed by atoms with Crippen LogP contribution in [0.15, 0.2) is 12.1 Å². The number of piperidine rings is 1. The Bertz CT molecular complexity index is 626. The maximum atomic E-state index is 13.3. The highest BCUT2D eigenvalue weighted by Crippen LogP contribution is 2.25. The Kier molecular flexibility index (Phi) is 6.39. The van der Waals surface area contributed by atoms with E-state index in [4.69, 9.17) is 17.3 Å². The lowest BCUT2D eigenvalue weighted by Crippen LogP contribution is -2.44. The molecule has 0 spiro atoms. The van der Waals surface area contributed by atoms with Crippen molar-refractivity contribution in [3.8, 4) is 0 Å². The van der Waals surface area contributed by atoms with Crippen LogP contribution in [0.1, 0.15) is 18.4 Å². The monoisotopic (exact) mass is 356 g/mol. The van der Waals surface area contributed by atoms with Gasteiger partial charge < -0.3 is 21.3 Å². The van der Waals surface area contributed by atoms with E-state index in [0.29, 0.717) is 30.9 Å². The number of nitrogens with zero attached hydrogens (tertiary/aromatic N) is 1. The molecule has 1 aromatic carbocycles. The molecule has 8 heteroatoms. The number of hydrogen-bond donors (Lipinski definition) is 3. The average molecular weight is 357 g/mol. The van der Waals surface area contributed by atoms with Crippen LogP contribution in [0.3, 0.4) is 0 Å². The molecule has 0 radical (unpaired) electrons. The Hall–Kier alpha value is -1.86. The van der Waals surface area contributed by atoms with Gasteiger partial charge in [-0.15, -0.1) is 0 Å². The van der Waals surface area contributed by atoms with Gasteiger partial charge in [-0.2, -0.15) is 0 Å². The first kappa shape index (κ1) is 18.5. The van der Waals surface area contributed by atoms with Crippen molar-refractivity contribution >= 4 is 29.2 Å². The zero-order valence-electron chi connectivity index (χ0n) is 13.6. The molecule has 1 unspecified atom stereocenters. The Morgan fingerprint density at radius 3 is 2.92 bits per heavy atom. The minimum atomic E-state index is -0.417. The van der Waals surface area contributed by atoms with Crippen molar-refractivity contribution in [3.05, 3.63) is 28.5 Å². The molecule has 0 saturated carbocycles. The number of aryl methyl sites for hydroxylation is 1. The van der Waals surface area contributed by atoms with E-state index >= 15 is 0 Å². The number of urea groups is 1. The van der Waals surface area contributed by atoms with Gasteiger partial charge in [0.15, 0.2) is 0 Å². The first-order valence-corrected chi connectivity index (χ1v) is 8.26. The van der Waals surface area contributed by atoms with E-state index in [-0.39, 0.29) is 16.8 Å². The summed E-state index contributed by atoms with van der Waals surface area (Å²) in [6.45, 7) is 4.17. The van der Waals surface area contributed by atoms with Crippen molar-refractivity contribution in [1.82, 2.24) is 10.2 Å². The van der Waals surface area contributed by atoms with Crippen LogP contribution in [0.25, 0.3) is 0 Å². The van der Waals surface area contributed by atoms with Gasteiger partial charge in [0.25, 0.3) is 0 Å². The van der Waals surface area contributed by atoms with E-state index in [1.807, 2.05) is 0 Å². The molecule has 1 aliphatic rings. The predicted molar refractivity (Wildman–Crippen MR) is 91.5 cm³/mol. The summed E-state index contributed by atoms with van der Waals surface area (Å²) in [5.41, 5.74) is 6.11. The molecule has 0 aliphatic carbocycles. The lowest BCUT2D eigenvalue weighted by Gasteiger charge is -2.31. The molecule has 0 bridgehead atoms. The fourth-order valence-electron chi connectivity index (χ4n) is 2.74. The maximum Gasteiger partial charge on any atom is 0.319 e. The van der Waals surface area contributed by atoms with Crippen molar-refractivity contribution in [2.75, 3.05) is 31.5 Å². The molecule has 1 aromatic rings. The van der Waals surface area contributed by atoms with Gasteiger partial charge in [0, 0.05) is 19.6 Å². The van der Waals surface area contributed by atoms with Gasteiger partial charge in [-0.3, -0.25) is 4.79 Å². The Labute approximate surface area is 145 Å². The smallest absolute Gasteiger partial charge is 0.319 e. The number of nitrogens with two attached hydrogens (primary N) is 1. The second-order valence-electron chi connectivity index (χ2n) is 6.00. The topological polar surface area (TPSA) is 87.5 Å². The number of likely N-dealkylation sites (tertiary alicyclic amines) is 1. The molecule has 2 rings (SSSR count). The average Bonchev–Trinajstić information content (AvgIpc) is 2.53. The predicted octanol–water partition coefficient (Wildman–Crippen LogP) is 2.11. The number of carbonyl (C=O) groups is 2. The number of anilines is 1. The Balaban J connectivity index is 1.77. The standard InChI is InChI=1S/C16H22ClFN4O2/c1-10-7-14(12(17)8-13(10)18)21-16(24)20-4-6-22-5-2-3-11(9-22)15(19)23/h7-8,11H,2-6,9H2,1H3,(H2,19,23)(H2,20,21,24). The highest BCUT2D eigenvalue weighted by atomic mass is 35.5. The van der Waals surface area contributed by atoms with Gasteiger partial charge in [-0.25, -0.2) is 9.18 Å². The van der Waals surface area contributed by atoms with E-state index in [1.54, 1.807) is 6.92 Å². The number of primary amides is 1. The van der Waals surface area contributed by atoms with Gasteiger partial charge in [0.1, 0.15) is 5.82 Å². The van der Waals surface area contributed by atoms with Crippen LogP contribution < -0.4 is 16.4 Å². The van der Waals surface area contributed by atoms with Crippen LogP contribution in [-0.4, -0.2) is 43.0 Å². The fourth-order valence-corrected chi connectivity index (χ4v) is 2.94. The summed E-state index contributed by atoms with van der Waals surface area (Å²) in [4.78, 5) is 25.3. The van der Waals surface area contributed by atoms with Crippen molar-refractivity contribution in [2.24, 2.45) is 11.7 Å². The second-order valence-corrected chi connectivity index (χ2v) is 6.41. The van der Waals surface area contributed by atoms with Crippen LogP contribution in [0.4, 0.5) is 14.9 Å². The van der Waals surface area contributed by atoms with Crippen molar-refractivity contribution in [1.29, 1.82) is 0 Å². The molecule has 1 heterocycles. The van der Waals surface area contributed by atoms with Crippen LogP contribution in [0, 0.1) is 18.7 Å². The summed E-state index contributed by atoms with van der Waals surface area (Å²) in [6.07, 6.45) is 1.74. The van der Waals surface area contributed by atoms with Gasteiger partial charge in [0.05, 0.1) is 16.6 Å². The molecule has 3 amide bonds. The van der Waals surface area contributed by atoms with Crippen molar-refractivity contribution in [2.45, 2.75) is 19.8 Å². The molecular formula is C16H22ClFN4O2. The maximum absolute atomic E-state index is 13.3. The molecule has 24 heavy (non-hydrogen) atoms. The molecule has 132 valence electrons. The first-order chi connectivity index (χ1) is 11.4. The number of rotatable bonds is 5. The zero-order valence-corrected chi connectivity index (χ0v) is 14.3. The fraction of sp³-hybridized carbons (Fsp3) is 0.500. The molecule has 4 N–H and O–H groups in total. The lowest BCUT2D eigenvalue weighted by molar-refractivity contribution is -0.123. The molecular weight excluding hydrogens is 335 g/mol. The Morgan fingerprint density at radius 1 is 1.46 bits per heavy atom. The van der Waals surface area contributed by atoms with E-state index in [9.17, 15) is 14.0 Å². The van der Waals surface area contributed by atoms with E-state index < -0.39 is 11.8 Å². The second kappa shape index (κ2) is 8.30. The minimum absolute atomic E-state index is 0.117. The number of nitrogens with one attached hydrogen (secondary N) is 2. The quantitative estimate of drug-likeness (QED) is 0.755. The van der Waals surface area contributed by atoms with Crippen LogP contribution >= 0.6 is 11.6 Å². The number of amides is 3. The zero-order chi connectivity index (χ0) is 17.7. The summed E-state index contributed by atoms with van der Waals surface area (Å²) in [5, 5.41) is 5.47. The summed E-state index contributed by atoms with van der Waals surface area (Å²) < 4.78 is 13.3. The summed E-state index contributed by atoms with van der Waals surface area (Å²) in [7, 11) is 0. The van der Waals surface area contributed by atoms with Gasteiger partial charge in [0.2, 0.25) is 5.91 Å². The highest BCUT2D eigenvalue weighted by molar-refractivity contribution is 6.33. The first-order valence-electron chi connectivity index (χ1n) is 7.89. The molecule has 1 atom stereocenters. The minimum Gasteiger partial charge on any atom is -0.369 e. The van der Waals surface area contributed by atoms with Gasteiger partial charge >= 0.3 is 6.03 Å². The SMILES string of the molecule is Cc1cc(NC(=O)NCCN2CCCC(C(N)=O)C2)c(Cl)cc1F. The molecule has 1 aliphatic heterocycles. The summed E-state index contributed by atoms with van der Waals surface area (Å²) in [6, 6.07) is 2.25. The lowest BCUT2D eigenvalue weighted by atomic mass is 9.97. The molecule has 6 nitrogen and oxygen atoms in total. The normalized spacial score (nSPS) is 18.2. The van der Waals surface area contributed by atoms with Crippen molar-refractivity contribution < 1.29 is 14.0 Å². The molecule has 1 fully saturated rings.